The number of hydrogen-bond acceptors (Lipinski definition) is 6. The van der Waals surface area contributed by atoms with E-state index in [1.165, 1.54) is 0 Å². The zero-order valence-electron chi connectivity index (χ0n) is 17.0. The third kappa shape index (κ3) is 2.56. The highest BCUT2D eigenvalue weighted by molar-refractivity contribution is 6.30. The van der Waals surface area contributed by atoms with Crippen molar-refractivity contribution in [2.24, 2.45) is 10.2 Å². The molecule has 6 rings (SSSR count). The first kappa shape index (κ1) is 18.3. The number of ether oxygens (including phenoxy) is 1. The monoisotopic (exact) mass is 420 g/mol. The molecule has 0 unspecified atom stereocenters. The molecule has 1 aromatic heterocycles. The molecular weight excluding hydrogens is 404 g/mol. The lowest BCUT2D eigenvalue weighted by atomic mass is 9.81. The van der Waals surface area contributed by atoms with Crippen LogP contribution in [0.2, 0.25) is 0 Å². The van der Waals surface area contributed by atoms with Gasteiger partial charge in [0.1, 0.15) is 11.3 Å². The highest BCUT2D eigenvalue weighted by Crippen LogP contribution is 2.50. The zero-order valence-corrected chi connectivity index (χ0v) is 17.0. The highest BCUT2D eigenvalue weighted by Gasteiger charge is 2.29. The van der Waals surface area contributed by atoms with Crippen molar-refractivity contribution in [2.75, 3.05) is 7.11 Å². The van der Waals surface area contributed by atoms with Crippen molar-refractivity contribution in [3.05, 3.63) is 83.9 Å². The van der Waals surface area contributed by atoms with Crippen molar-refractivity contribution in [3.63, 3.8) is 0 Å². The number of carbonyl (C=O) groups excluding carboxylic acids is 1. The Morgan fingerprint density at radius 2 is 1.59 bits per heavy atom. The fourth-order valence-corrected chi connectivity index (χ4v) is 4.36. The fraction of sp³-hybridized carbons (Fsp3) is 0.0385. The summed E-state index contributed by atoms with van der Waals surface area (Å²) in [6, 6.07) is 22.0. The van der Waals surface area contributed by atoms with Gasteiger partial charge in [-0.15, -0.1) is 5.11 Å². The van der Waals surface area contributed by atoms with Gasteiger partial charge in [-0.05, 0) is 41.3 Å². The SMILES string of the molecule is COc1ccc(N=Nc2c(O)oc3cc4cccc5c4c(c23)-c2ccccc2C5=O)cc1. The van der Waals surface area contributed by atoms with Crippen LogP contribution in [0.3, 0.4) is 0 Å². The number of hydrogen-bond donors (Lipinski definition) is 1. The van der Waals surface area contributed by atoms with E-state index in [9.17, 15) is 9.90 Å². The molecule has 0 amide bonds. The van der Waals surface area contributed by atoms with Crippen LogP contribution in [0.15, 0.2) is 87.4 Å². The molecule has 0 aliphatic heterocycles. The largest absolute Gasteiger partial charge is 0.497 e. The van der Waals surface area contributed by atoms with Crippen LogP contribution < -0.4 is 4.74 Å². The summed E-state index contributed by atoms with van der Waals surface area (Å²) in [5.74, 6) is 0.372. The molecule has 6 heteroatoms. The van der Waals surface area contributed by atoms with E-state index in [2.05, 4.69) is 10.2 Å². The summed E-state index contributed by atoms with van der Waals surface area (Å²) in [6.07, 6.45) is 0. The second kappa shape index (κ2) is 6.78. The second-order valence-electron chi connectivity index (χ2n) is 7.56. The molecule has 1 aliphatic carbocycles. The van der Waals surface area contributed by atoms with Gasteiger partial charge in [-0.25, -0.2) is 0 Å². The number of azo groups is 1. The molecule has 0 saturated carbocycles. The summed E-state index contributed by atoms with van der Waals surface area (Å²) in [5.41, 5.74) is 4.15. The number of rotatable bonds is 3. The Labute approximate surface area is 182 Å². The summed E-state index contributed by atoms with van der Waals surface area (Å²) in [6.45, 7) is 0. The lowest BCUT2D eigenvalue weighted by molar-refractivity contribution is 0.104. The molecule has 0 atom stereocenters. The second-order valence-corrected chi connectivity index (χ2v) is 7.56. The molecule has 0 radical (unpaired) electrons. The minimum Gasteiger partial charge on any atom is -0.497 e. The summed E-state index contributed by atoms with van der Waals surface area (Å²) in [7, 11) is 1.60. The summed E-state index contributed by atoms with van der Waals surface area (Å²) < 4.78 is 10.8. The number of ketones is 1. The highest BCUT2D eigenvalue weighted by atomic mass is 16.5. The quantitative estimate of drug-likeness (QED) is 0.315. The smallest absolute Gasteiger partial charge is 0.312 e. The van der Waals surface area contributed by atoms with Crippen LogP contribution >= 0.6 is 0 Å². The van der Waals surface area contributed by atoms with Crippen molar-refractivity contribution < 1.29 is 19.1 Å². The van der Waals surface area contributed by atoms with E-state index in [-0.39, 0.29) is 17.4 Å². The van der Waals surface area contributed by atoms with E-state index in [1.807, 2.05) is 48.5 Å². The Hall–Kier alpha value is -4.45. The number of nitrogens with zero attached hydrogens (tertiary/aromatic N) is 2. The fourth-order valence-electron chi connectivity index (χ4n) is 4.36. The lowest BCUT2D eigenvalue weighted by Crippen LogP contribution is -2.09. The number of fused-ring (bicyclic) bond motifs is 4. The van der Waals surface area contributed by atoms with Gasteiger partial charge in [0, 0.05) is 22.1 Å². The maximum atomic E-state index is 13.2. The van der Waals surface area contributed by atoms with Crippen molar-refractivity contribution in [1.29, 1.82) is 0 Å². The molecule has 0 spiro atoms. The Bertz CT molecular complexity index is 1580. The lowest BCUT2D eigenvalue weighted by Gasteiger charge is -2.20. The molecule has 0 fully saturated rings. The van der Waals surface area contributed by atoms with Gasteiger partial charge in [0.15, 0.2) is 11.5 Å². The van der Waals surface area contributed by atoms with Crippen LogP contribution in [-0.2, 0) is 0 Å². The van der Waals surface area contributed by atoms with Gasteiger partial charge < -0.3 is 14.3 Å². The van der Waals surface area contributed by atoms with E-state index in [4.69, 9.17) is 9.15 Å². The van der Waals surface area contributed by atoms with Crippen molar-refractivity contribution >= 4 is 38.9 Å². The predicted octanol–water partition coefficient (Wildman–Crippen LogP) is 6.93. The molecule has 0 bridgehead atoms. The van der Waals surface area contributed by atoms with E-state index >= 15 is 0 Å². The first-order valence-corrected chi connectivity index (χ1v) is 10.1. The van der Waals surface area contributed by atoms with Gasteiger partial charge in [0.2, 0.25) is 0 Å². The standard InChI is InChI=1S/C26H16N2O4/c1-31-16-11-9-15(10-12-16)27-28-24-23-20(32-26(24)30)13-14-5-4-8-19-21(14)22(23)17-6-2-3-7-18(17)25(19)29/h2-13,30H,1H3. The minimum atomic E-state index is -0.320. The molecular formula is C26H16N2O4. The van der Waals surface area contributed by atoms with E-state index in [0.717, 1.165) is 21.9 Å². The number of benzene rings is 4. The van der Waals surface area contributed by atoms with Crippen LogP contribution in [0.25, 0.3) is 32.9 Å². The van der Waals surface area contributed by atoms with Crippen molar-refractivity contribution in [3.8, 4) is 22.8 Å². The molecule has 154 valence electrons. The third-order valence-electron chi connectivity index (χ3n) is 5.80. The number of furan rings is 1. The summed E-state index contributed by atoms with van der Waals surface area (Å²) >= 11 is 0. The Kier molecular flexibility index (Phi) is 3.89. The Balaban J connectivity index is 1.66. The molecule has 5 aromatic rings. The normalized spacial score (nSPS) is 12.6. The van der Waals surface area contributed by atoms with Gasteiger partial charge >= 0.3 is 5.95 Å². The molecule has 1 N–H and O–H groups in total. The third-order valence-corrected chi connectivity index (χ3v) is 5.80. The van der Waals surface area contributed by atoms with Gasteiger partial charge in [-0.1, -0.05) is 42.5 Å². The van der Waals surface area contributed by atoms with Gasteiger partial charge in [0.05, 0.1) is 18.2 Å². The molecule has 0 saturated heterocycles. The van der Waals surface area contributed by atoms with E-state index in [0.29, 0.717) is 33.5 Å². The summed E-state index contributed by atoms with van der Waals surface area (Å²) in [5, 5.41) is 21.5. The van der Waals surface area contributed by atoms with Crippen LogP contribution in [0.5, 0.6) is 11.7 Å². The average molecular weight is 420 g/mol. The van der Waals surface area contributed by atoms with Crippen molar-refractivity contribution in [1.82, 2.24) is 0 Å². The first-order chi connectivity index (χ1) is 15.7. The molecule has 6 nitrogen and oxygen atoms in total. The zero-order chi connectivity index (χ0) is 21.8. The van der Waals surface area contributed by atoms with Gasteiger partial charge in [-0.3, -0.25) is 4.79 Å². The topological polar surface area (TPSA) is 84.4 Å². The van der Waals surface area contributed by atoms with Gasteiger partial charge in [0.25, 0.3) is 0 Å². The number of carbonyl (C=O) groups is 1. The molecule has 1 heterocycles. The Morgan fingerprint density at radius 1 is 0.844 bits per heavy atom. The molecule has 4 aromatic carbocycles. The predicted molar refractivity (Wildman–Crippen MR) is 121 cm³/mol. The first-order valence-electron chi connectivity index (χ1n) is 10.1. The molecule has 1 aliphatic rings. The van der Waals surface area contributed by atoms with Crippen LogP contribution in [-0.4, -0.2) is 18.0 Å². The maximum absolute atomic E-state index is 13.2. The Morgan fingerprint density at radius 3 is 2.38 bits per heavy atom. The van der Waals surface area contributed by atoms with Gasteiger partial charge in [-0.2, -0.15) is 5.11 Å². The van der Waals surface area contributed by atoms with Crippen LogP contribution in [0.1, 0.15) is 15.9 Å². The maximum Gasteiger partial charge on any atom is 0.312 e. The van der Waals surface area contributed by atoms with Crippen LogP contribution in [0, 0.1) is 0 Å². The number of methoxy groups -OCH3 is 1. The molecule has 32 heavy (non-hydrogen) atoms. The number of aromatic hydroxyl groups is 1. The summed E-state index contributed by atoms with van der Waals surface area (Å²) in [4.78, 5) is 13.2. The van der Waals surface area contributed by atoms with Crippen molar-refractivity contribution in [2.45, 2.75) is 0 Å². The van der Waals surface area contributed by atoms with E-state index < -0.39 is 0 Å². The van der Waals surface area contributed by atoms with E-state index in [1.54, 1.807) is 31.4 Å². The van der Waals surface area contributed by atoms with Crippen LogP contribution in [0.4, 0.5) is 11.4 Å². The minimum absolute atomic E-state index is 0.0211. The average Bonchev–Trinajstić information content (AvgIpc) is 3.14.